The van der Waals surface area contributed by atoms with Crippen LogP contribution >= 0.6 is 0 Å². The molecule has 0 unspecified atom stereocenters. The van der Waals surface area contributed by atoms with Gasteiger partial charge < -0.3 is 19.5 Å². The molecule has 2 atom stereocenters. The highest BCUT2D eigenvalue weighted by atomic mass is 16.6. The Morgan fingerprint density at radius 1 is 1.23 bits per heavy atom. The molecule has 0 aliphatic carbocycles. The van der Waals surface area contributed by atoms with E-state index in [1.165, 1.54) is 0 Å². The average molecular weight is 360 g/mol. The Kier molecular flexibility index (Phi) is 3.78. The van der Waals surface area contributed by atoms with E-state index < -0.39 is 42.1 Å². The summed E-state index contributed by atoms with van der Waals surface area (Å²) >= 11 is 0. The minimum absolute atomic E-state index is 0.180. The Balaban J connectivity index is 1.53. The van der Waals surface area contributed by atoms with Crippen molar-refractivity contribution >= 4 is 23.9 Å². The van der Waals surface area contributed by atoms with Crippen LogP contribution in [-0.2, 0) is 29.4 Å². The standard InChI is InChI=1S/C17H16N2O7/c20-13(26-12-5-7-25-14(12)21)9-19-15(22)17(18-16(19)23)6-8-24-11-4-2-1-3-10(11)17/h1-4,12H,5-9H2,(H,18,23)/t12-,17+/m1/s1. The molecule has 2 saturated heterocycles. The van der Waals surface area contributed by atoms with Crippen molar-refractivity contribution in [3.05, 3.63) is 29.8 Å². The molecule has 3 amide bonds. The van der Waals surface area contributed by atoms with Gasteiger partial charge in [-0.25, -0.2) is 9.59 Å². The molecule has 2 fully saturated rings. The number of esters is 2. The monoisotopic (exact) mass is 360 g/mol. The van der Waals surface area contributed by atoms with Gasteiger partial charge in [0.1, 0.15) is 12.3 Å². The summed E-state index contributed by atoms with van der Waals surface area (Å²) in [6.45, 7) is -0.131. The summed E-state index contributed by atoms with van der Waals surface area (Å²) < 4.78 is 15.3. The summed E-state index contributed by atoms with van der Waals surface area (Å²) in [5.74, 6) is -1.48. The number of ether oxygens (including phenoxy) is 3. The third-order valence-electron chi connectivity index (χ3n) is 4.71. The van der Waals surface area contributed by atoms with Gasteiger partial charge in [0.05, 0.1) is 13.2 Å². The number of benzene rings is 1. The highest BCUT2D eigenvalue weighted by Crippen LogP contribution is 2.40. The van der Waals surface area contributed by atoms with Crippen LogP contribution in [-0.4, -0.2) is 54.6 Å². The van der Waals surface area contributed by atoms with Gasteiger partial charge in [0.2, 0.25) is 6.10 Å². The first-order chi connectivity index (χ1) is 12.5. The van der Waals surface area contributed by atoms with Crippen LogP contribution in [0.25, 0.3) is 0 Å². The smallest absolute Gasteiger partial charge is 0.347 e. The van der Waals surface area contributed by atoms with Crippen LogP contribution in [0, 0.1) is 0 Å². The summed E-state index contributed by atoms with van der Waals surface area (Å²) in [6, 6.07) is 6.27. The lowest BCUT2D eigenvalue weighted by atomic mass is 9.84. The number of cyclic esters (lactones) is 1. The zero-order chi connectivity index (χ0) is 18.3. The zero-order valence-corrected chi connectivity index (χ0v) is 13.7. The van der Waals surface area contributed by atoms with Gasteiger partial charge in [-0.3, -0.25) is 14.5 Å². The summed E-state index contributed by atoms with van der Waals surface area (Å²) in [5, 5.41) is 2.69. The molecular weight excluding hydrogens is 344 g/mol. The molecule has 1 aromatic carbocycles. The number of carbonyl (C=O) groups excluding carboxylic acids is 4. The minimum Gasteiger partial charge on any atom is -0.493 e. The molecule has 136 valence electrons. The largest absolute Gasteiger partial charge is 0.493 e. The fraction of sp³-hybridized carbons (Fsp3) is 0.412. The van der Waals surface area contributed by atoms with Gasteiger partial charge in [-0.05, 0) is 6.07 Å². The molecule has 4 rings (SSSR count). The number of amides is 3. The molecule has 26 heavy (non-hydrogen) atoms. The van der Waals surface area contributed by atoms with Crippen LogP contribution < -0.4 is 10.1 Å². The van der Waals surface area contributed by atoms with Crippen molar-refractivity contribution in [2.24, 2.45) is 0 Å². The van der Waals surface area contributed by atoms with Gasteiger partial charge in [0.25, 0.3) is 5.91 Å². The second-order valence-electron chi connectivity index (χ2n) is 6.26. The second-order valence-corrected chi connectivity index (χ2v) is 6.26. The first-order valence-corrected chi connectivity index (χ1v) is 8.24. The SMILES string of the molecule is O=C(CN1C(=O)N[C@]2(CCOc3ccccc32)C1=O)O[C@@H]1CCOC1=O. The summed E-state index contributed by atoms with van der Waals surface area (Å²) in [6.07, 6.45) is -0.463. The molecular formula is C17H16N2O7. The van der Waals surface area contributed by atoms with Crippen LogP contribution in [0.3, 0.4) is 0 Å². The zero-order valence-electron chi connectivity index (χ0n) is 13.7. The number of urea groups is 1. The van der Waals surface area contributed by atoms with Crippen molar-refractivity contribution in [1.29, 1.82) is 0 Å². The number of carbonyl (C=O) groups is 4. The van der Waals surface area contributed by atoms with Gasteiger partial charge in [-0.2, -0.15) is 0 Å². The van der Waals surface area contributed by atoms with Crippen molar-refractivity contribution in [3.63, 3.8) is 0 Å². The normalized spacial score (nSPS) is 27.0. The maximum absolute atomic E-state index is 13.0. The number of hydrogen-bond donors (Lipinski definition) is 1. The molecule has 1 spiro atoms. The van der Waals surface area contributed by atoms with Crippen molar-refractivity contribution in [2.75, 3.05) is 19.8 Å². The lowest BCUT2D eigenvalue weighted by Crippen LogP contribution is -2.47. The molecule has 0 bridgehead atoms. The molecule has 9 nitrogen and oxygen atoms in total. The molecule has 9 heteroatoms. The van der Waals surface area contributed by atoms with E-state index in [9.17, 15) is 19.2 Å². The maximum atomic E-state index is 13.0. The van der Waals surface area contributed by atoms with Gasteiger partial charge >= 0.3 is 18.0 Å². The first kappa shape index (κ1) is 16.4. The number of para-hydroxylation sites is 1. The number of rotatable bonds is 3. The summed E-state index contributed by atoms with van der Waals surface area (Å²) in [5.41, 5.74) is -0.696. The lowest BCUT2D eigenvalue weighted by molar-refractivity contribution is -0.161. The Hall–Kier alpha value is -3.10. The van der Waals surface area contributed by atoms with Crippen molar-refractivity contribution in [2.45, 2.75) is 24.5 Å². The predicted molar refractivity (Wildman–Crippen MR) is 83.9 cm³/mol. The van der Waals surface area contributed by atoms with Crippen molar-refractivity contribution in [1.82, 2.24) is 10.2 Å². The average Bonchev–Trinajstić information content (AvgIpc) is 3.12. The van der Waals surface area contributed by atoms with Crippen molar-refractivity contribution in [3.8, 4) is 5.75 Å². The molecule has 0 aromatic heterocycles. The van der Waals surface area contributed by atoms with E-state index in [0.717, 1.165) is 4.90 Å². The van der Waals surface area contributed by atoms with Crippen LogP contribution in [0.15, 0.2) is 24.3 Å². The number of nitrogens with one attached hydrogen (secondary N) is 1. The van der Waals surface area contributed by atoms with E-state index in [2.05, 4.69) is 5.32 Å². The maximum Gasteiger partial charge on any atom is 0.347 e. The van der Waals surface area contributed by atoms with E-state index in [1.54, 1.807) is 24.3 Å². The van der Waals surface area contributed by atoms with E-state index >= 15 is 0 Å². The Morgan fingerprint density at radius 2 is 2.04 bits per heavy atom. The molecule has 3 aliphatic rings. The van der Waals surface area contributed by atoms with Crippen molar-refractivity contribution < 1.29 is 33.4 Å². The Bertz CT molecular complexity index is 808. The second kappa shape index (κ2) is 6.01. The van der Waals surface area contributed by atoms with Gasteiger partial charge in [0.15, 0.2) is 5.54 Å². The van der Waals surface area contributed by atoms with Crippen LogP contribution in [0.1, 0.15) is 18.4 Å². The fourth-order valence-electron chi connectivity index (χ4n) is 3.42. The molecule has 3 aliphatic heterocycles. The highest BCUT2D eigenvalue weighted by molar-refractivity contribution is 6.09. The lowest BCUT2D eigenvalue weighted by Gasteiger charge is -2.33. The Labute approximate surface area is 148 Å². The van der Waals surface area contributed by atoms with Crippen LogP contribution in [0.4, 0.5) is 4.79 Å². The van der Waals surface area contributed by atoms with Gasteiger partial charge in [0, 0.05) is 18.4 Å². The third kappa shape index (κ3) is 2.47. The summed E-state index contributed by atoms with van der Waals surface area (Å²) in [4.78, 5) is 49.6. The molecule has 0 saturated carbocycles. The van der Waals surface area contributed by atoms with Crippen LogP contribution in [0.2, 0.25) is 0 Å². The van der Waals surface area contributed by atoms with E-state index in [4.69, 9.17) is 14.2 Å². The highest BCUT2D eigenvalue weighted by Gasteiger charge is 2.55. The van der Waals surface area contributed by atoms with Gasteiger partial charge in [-0.15, -0.1) is 0 Å². The minimum atomic E-state index is -1.25. The van der Waals surface area contributed by atoms with E-state index in [-0.39, 0.29) is 26.1 Å². The first-order valence-electron chi connectivity index (χ1n) is 8.24. The van der Waals surface area contributed by atoms with Gasteiger partial charge in [-0.1, -0.05) is 18.2 Å². The molecule has 0 radical (unpaired) electrons. The molecule has 3 heterocycles. The Morgan fingerprint density at radius 3 is 2.81 bits per heavy atom. The molecule has 1 N–H and O–H groups in total. The van der Waals surface area contributed by atoms with E-state index in [1.807, 2.05) is 0 Å². The summed E-state index contributed by atoms with van der Waals surface area (Å²) in [7, 11) is 0. The van der Waals surface area contributed by atoms with E-state index in [0.29, 0.717) is 11.3 Å². The number of fused-ring (bicyclic) bond motifs is 2. The third-order valence-corrected chi connectivity index (χ3v) is 4.71. The number of nitrogens with zero attached hydrogens (tertiary/aromatic N) is 1. The van der Waals surface area contributed by atoms with Crippen LogP contribution in [0.5, 0.6) is 5.75 Å². The quantitative estimate of drug-likeness (QED) is 0.600. The number of hydrogen-bond acceptors (Lipinski definition) is 7. The number of imide groups is 1. The topological polar surface area (TPSA) is 111 Å². The molecule has 1 aromatic rings. The fourth-order valence-corrected chi connectivity index (χ4v) is 3.42. The predicted octanol–water partition coefficient (Wildman–Crippen LogP) is 0.0749.